The highest BCUT2D eigenvalue weighted by Crippen LogP contribution is 2.33. The van der Waals surface area contributed by atoms with E-state index in [1.165, 1.54) is 0 Å². The van der Waals surface area contributed by atoms with Crippen LogP contribution in [-0.2, 0) is 29.1 Å². The minimum Gasteiger partial charge on any atom is -0.493 e. The maximum atomic E-state index is 13.8. The van der Waals surface area contributed by atoms with Crippen LogP contribution in [0.4, 0.5) is 0 Å². The van der Waals surface area contributed by atoms with Gasteiger partial charge in [-0.25, -0.2) is 4.98 Å². The fraction of sp³-hybridized carbons (Fsp3) is 0.548. The maximum Gasteiger partial charge on any atom is 0.226 e. The SMILES string of the molecule is COc1ccc2cc1OCCN(C(=O)C1CCn3nccc3C1)CCCCN(C(=O)C1CC1)CCCn1ccnc1-2. The number of carbonyl (C=O) groups is 2. The number of aryl methyl sites for hydroxylation is 2. The van der Waals surface area contributed by atoms with Gasteiger partial charge < -0.3 is 23.8 Å². The fourth-order valence-electron chi connectivity index (χ4n) is 6.07. The van der Waals surface area contributed by atoms with Crippen molar-refractivity contribution in [2.24, 2.45) is 11.8 Å². The van der Waals surface area contributed by atoms with Gasteiger partial charge in [0.1, 0.15) is 12.4 Å². The standard InChI is InChI=1S/C31H40N6O4/c1-40-27-8-7-24-22-28(27)41-20-19-36(31(39)25-10-17-37-26(21-25)9-11-33-37)14-3-2-13-35(30(38)23-5-6-23)16-4-15-34-18-12-32-29(24)34/h7-9,11-12,18,22-23,25H,2-6,10,13-17,19-21H2,1H3. The molecule has 1 fully saturated rings. The summed E-state index contributed by atoms with van der Waals surface area (Å²) in [6.07, 6.45) is 11.7. The van der Waals surface area contributed by atoms with Crippen LogP contribution in [0.3, 0.4) is 0 Å². The lowest BCUT2D eigenvalue weighted by Crippen LogP contribution is -2.42. The topological polar surface area (TPSA) is 94.7 Å². The average Bonchev–Trinajstić information content (AvgIpc) is 3.55. The molecule has 2 bridgehead atoms. The van der Waals surface area contributed by atoms with Gasteiger partial charge in [-0.05, 0) is 62.8 Å². The molecule has 6 rings (SSSR count). The van der Waals surface area contributed by atoms with Crippen LogP contribution in [0.2, 0.25) is 0 Å². The first-order valence-electron chi connectivity index (χ1n) is 15.0. The number of amides is 2. The molecule has 0 N–H and O–H groups in total. The molecule has 1 unspecified atom stereocenters. The molecular formula is C31H40N6O4. The van der Waals surface area contributed by atoms with Gasteiger partial charge in [-0.2, -0.15) is 5.10 Å². The number of methoxy groups -OCH3 is 1. The number of rotatable bonds is 3. The van der Waals surface area contributed by atoms with Crippen LogP contribution in [0.25, 0.3) is 11.4 Å². The number of ether oxygens (including phenoxy) is 2. The van der Waals surface area contributed by atoms with Gasteiger partial charge in [-0.1, -0.05) is 0 Å². The molecule has 0 radical (unpaired) electrons. The molecule has 3 aliphatic rings. The Labute approximate surface area is 241 Å². The summed E-state index contributed by atoms with van der Waals surface area (Å²) in [5.41, 5.74) is 2.05. The van der Waals surface area contributed by atoms with E-state index in [1.807, 2.05) is 52.4 Å². The lowest BCUT2D eigenvalue weighted by Gasteiger charge is -2.30. The molecule has 10 heteroatoms. The van der Waals surface area contributed by atoms with Crippen molar-refractivity contribution in [3.63, 3.8) is 0 Å². The van der Waals surface area contributed by atoms with E-state index in [2.05, 4.69) is 19.5 Å². The summed E-state index contributed by atoms with van der Waals surface area (Å²) < 4.78 is 16.0. The molecule has 41 heavy (non-hydrogen) atoms. The Kier molecular flexibility index (Phi) is 8.25. The van der Waals surface area contributed by atoms with Crippen molar-refractivity contribution in [1.82, 2.24) is 29.1 Å². The van der Waals surface area contributed by atoms with Gasteiger partial charge in [0.2, 0.25) is 11.8 Å². The zero-order chi connectivity index (χ0) is 28.2. The molecule has 4 heterocycles. The van der Waals surface area contributed by atoms with Crippen molar-refractivity contribution in [2.75, 3.05) is 39.9 Å². The Morgan fingerprint density at radius 1 is 0.878 bits per heavy atom. The van der Waals surface area contributed by atoms with Gasteiger partial charge in [-0.3, -0.25) is 14.3 Å². The minimum atomic E-state index is -0.0574. The molecule has 10 nitrogen and oxygen atoms in total. The van der Waals surface area contributed by atoms with Crippen molar-refractivity contribution in [3.8, 4) is 22.9 Å². The van der Waals surface area contributed by atoms with Gasteiger partial charge in [0.05, 0.1) is 13.7 Å². The number of benzene rings is 1. The van der Waals surface area contributed by atoms with Crippen molar-refractivity contribution >= 4 is 11.8 Å². The molecule has 2 amide bonds. The predicted molar refractivity (Wildman–Crippen MR) is 153 cm³/mol. The maximum absolute atomic E-state index is 13.8. The predicted octanol–water partition coefficient (Wildman–Crippen LogP) is 3.65. The second kappa shape index (κ2) is 12.4. The highest BCUT2D eigenvalue weighted by molar-refractivity contribution is 5.81. The van der Waals surface area contributed by atoms with Crippen molar-refractivity contribution in [1.29, 1.82) is 0 Å². The van der Waals surface area contributed by atoms with Crippen LogP contribution in [-0.4, -0.2) is 80.8 Å². The van der Waals surface area contributed by atoms with Crippen molar-refractivity contribution in [3.05, 3.63) is 48.5 Å². The minimum absolute atomic E-state index is 0.0574. The number of fused-ring (bicyclic) bond motifs is 5. The first-order chi connectivity index (χ1) is 20.1. The summed E-state index contributed by atoms with van der Waals surface area (Å²) in [5, 5.41) is 4.37. The highest BCUT2D eigenvalue weighted by Gasteiger charge is 2.33. The average molecular weight is 561 g/mol. The van der Waals surface area contributed by atoms with E-state index < -0.39 is 0 Å². The molecule has 2 aromatic heterocycles. The van der Waals surface area contributed by atoms with Crippen molar-refractivity contribution < 1.29 is 19.1 Å². The zero-order valence-corrected chi connectivity index (χ0v) is 23.9. The van der Waals surface area contributed by atoms with E-state index >= 15 is 0 Å². The van der Waals surface area contributed by atoms with Crippen LogP contribution in [0.15, 0.2) is 42.9 Å². The Morgan fingerprint density at radius 3 is 2.46 bits per heavy atom. The van der Waals surface area contributed by atoms with E-state index in [0.29, 0.717) is 37.6 Å². The molecule has 218 valence electrons. The number of hydrogen-bond donors (Lipinski definition) is 0. The molecule has 1 saturated carbocycles. The summed E-state index contributed by atoms with van der Waals surface area (Å²) in [6, 6.07) is 7.87. The summed E-state index contributed by atoms with van der Waals surface area (Å²) in [4.78, 5) is 35.5. The molecule has 1 aliphatic carbocycles. The van der Waals surface area contributed by atoms with Crippen molar-refractivity contribution in [2.45, 2.75) is 58.0 Å². The number of hydrogen-bond acceptors (Lipinski definition) is 6. The first kappa shape index (κ1) is 27.4. The quantitative estimate of drug-likeness (QED) is 0.486. The van der Waals surface area contributed by atoms with Gasteiger partial charge in [-0.15, -0.1) is 0 Å². The van der Waals surface area contributed by atoms with E-state index in [-0.39, 0.29) is 23.7 Å². The number of carbonyl (C=O) groups excluding carboxylic acids is 2. The molecule has 1 aromatic carbocycles. The summed E-state index contributed by atoms with van der Waals surface area (Å²) in [6.45, 7) is 4.48. The smallest absolute Gasteiger partial charge is 0.226 e. The Morgan fingerprint density at radius 2 is 1.66 bits per heavy atom. The Bertz CT molecular complexity index is 1360. The number of imidazole rings is 1. The van der Waals surface area contributed by atoms with Gasteiger partial charge in [0.25, 0.3) is 0 Å². The largest absolute Gasteiger partial charge is 0.493 e. The molecule has 3 aromatic rings. The van der Waals surface area contributed by atoms with Gasteiger partial charge >= 0.3 is 0 Å². The Balaban J connectivity index is 1.23. The highest BCUT2D eigenvalue weighted by atomic mass is 16.5. The number of aromatic nitrogens is 4. The van der Waals surface area contributed by atoms with E-state index in [1.54, 1.807) is 7.11 Å². The first-order valence-corrected chi connectivity index (χ1v) is 15.0. The molecule has 1 atom stereocenters. The molecule has 0 spiro atoms. The Hall–Kier alpha value is -3.82. The van der Waals surface area contributed by atoms with Crippen LogP contribution in [0, 0.1) is 11.8 Å². The lowest BCUT2D eigenvalue weighted by atomic mass is 9.94. The fourth-order valence-corrected chi connectivity index (χ4v) is 6.07. The monoisotopic (exact) mass is 560 g/mol. The van der Waals surface area contributed by atoms with Crippen LogP contribution in [0.5, 0.6) is 11.5 Å². The molecule has 2 aliphatic heterocycles. The van der Waals surface area contributed by atoms with E-state index in [9.17, 15) is 9.59 Å². The van der Waals surface area contributed by atoms with Crippen LogP contribution < -0.4 is 9.47 Å². The normalized spacial score (nSPS) is 20.4. The number of nitrogens with zero attached hydrogens (tertiary/aromatic N) is 6. The second-order valence-corrected chi connectivity index (χ2v) is 11.4. The third kappa shape index (κ3) is 6.26. The lowest BCUT2D eigenvalue weighted by molar-refractivity contribution is -0.137. The third-order valence-electron chi connectivity index (χ3n) is 8.54. The summed E-state index contributed by atoms with van der Waals surface area (Å²) in [7, 11) is 1.64. The third-order valence-corrected chi connectivity index (χ3v) is 8.54. The molecular weight excluding hydrogens is 520 g/mol. The second-order valence-electron chi connectivity index (χ2n) is 11.4. The summed E-state index contributed by atoms with van der Waals surface area (Å²) >= 11 is 0. The van der Waals surface area contributed by atoms with E-state index in [0.717, 1.165) is 81.8 Å². The van der Waals surface area contributed by atoms with Crippen LogP contribution >= 0.6 is 0 Å². The zero-order valence-electron chi connectivity index (χ0n) is 23.9. The van der Waals surface area contributed by atoms with Gasteiger partial charge in [0.15, 0.2) is 11.5 Å². The summed E-state index contributed by atoms with van der Waals surface area (Å²) in [5.74, 6) is 2.74. The van der Waals surface area contributed by atoms with Gasteiger partial charge in [0, 0.05) is 80.8 Å². The van der Waals surface area contributed by atoms with Crippen LogP contribution in [0.1, 0.15) is 44.2 Å². The van der Waals surface area contributed by atoms with E-state index in [4.69, 9.17) is 9.47 Å². The molecule has 0 saturated heterocycles.